The summed E-state index contributed by atoms with van der Waals surface area (Å²) in [6.45, 7) is 15.3. The molecule has 0 radical (unpaired) electrons. The highest BCUT2D eigenvalue weighted by molar-refractivity contribution is 4.89. The maximum absolute atomic E-state index is 9.16. The Kier molecular flexibility index (Phi) is 10.7. The molecule has 0 aliphatic heterocycles. The lowest BCUT2D eigenvalue weighted by atomic mass is 10.2. The van der Waals surface area contributed by atoms with Crippen LogP contribution in [0.3, 0.4) is 0 Å². The lowest BCUT2D eigenvalue weighted by molar-refractivity contribution is 0.261. The van der Waals surface area contributed by atoms with Gasteiger partial charge in [0.2, 0.25) is 0 Å². The van der Waals surface area contributed by atoms with Crippen molar-refractivity contribution in [3.63, 3.8) is 0 Å². The van der Waals surface area contributed by atoms with Crippen molar-refractivity contribution >= 4 is 0 Å². The molecule has 0 aliphatic carbocycles. The van der Waals surface area contributed by atoms with Crippen LogP contribution in [0.1, 0.15) is 19.8 Å². The summed E-state index contributed by atoms with van der Waals surface area (Å²) in [5, 5.41) is 15.6. The van der Waals surface area contributed by atoms with Gasteiger partial charge in [0, 0.05) is 45.7 Å². The first-order chi connectivity index (χ1) is 8.56. The molecule has 4 nitrogen and oxygen atoms in total. The second-order valence-corrected chi connectivity index (χ2v) is 4.72. The Morgan fingerprint density at radius 2 is 1.72 bits per heavy atom. The molecule has 0 bridgehead atoms. The molecule has 0 atom stereocenters. The Balaban J connectivity index is 3.80. The van der Waals surface area contributed by atoms with Crippen LogP contribution in [0, 0.1) is 0 Å². The van der Waals surface area contributed by atoms with Gasteiger partial charge in [-0.15, -0.1) is 6.58 Å². The third kappa shape index (κ3) is 11.6. The van der Waals surface area contributed by atoms with Crippen molar-refractivity contribution in [1.82, 2.24) is 15.5 Å². The maximum Gasteiger partial charge on any atom is 0.0863 e. The molecule has 0 aromatic carbocycles. The minimum atomic E-state index is 0.262. The molecule has 0 rings (SSSR count). The normalized spacial score (nSPS) is 10.8. The van der Waals surface area contributed by atoms with E-state index in [2.05, 4.69) is 28.7 Å². The van der Waals surface area contributed by atoms with Gasteiger partial charge in [0.1, 0.15) is 0 Å². The van der Waals surface area contributed by atoms with Gasteiger partial charge in [-0.25, -0.2) is 0 Å². The van der Waals surface area contributed by atoms with Gasteiger partial charge < -0.3 is 20.6 Å². The van der Waals surface area contributed by atoms with Gasteiger partial charge in [-0.1, -0.05) is 12.2 Å². The summed E-state index contributed by atoms with van der Waals surface area (Å²) in [7, 11) is 1.95. The number of hydrogen-bond donors (Lipinski definition) is 3. The van der Waals surface area contributed by atoms with E-state index in [-0.39, 0.29) is 5.76 Å². The van der Waals surface area contributed by atoms with Crippen LogP contribution >= 0.6 is 0 Å². The Morgan fingerprint density at radius 1 is 1.06 bits per heavy atom. The molecule has 4 heteroatoms. The Morgan fingerprint density at radius 3 is 2.28 bits per heavy atom. The van der Waals surface area contributed by atoms with Crippen molar-refractivity contribution in [2.75, 3.05) is 46.3 Å². The van der Waals surface area contributed by atoms with Gasteiger partial charge in [0.05, 0.1) is 5.76 Å². The van der Waals surface area contributed by atoms with Crippen molar-refractivity contribution in [2.45, 2.75) is 19.8 Å². The van der Waals surface area contributed by atoms with Crippen LogP contribution in [-0.4, -0.2) is 56.3 Å². The molecule has 0 aromatic heterocycles. The Labute approximate surface area is 112 Å². The number of nitrogens with zero attached hydrogens (tertiary/aromatic N) is 1. The van der Waals surface area contributed by atoms with Gasteiger partial charge in [0.15, 0.2) is 0 Å². The van der Waals surface area contributed by atoms with Crippen LogP contribution in [-0.2, 0) is 0 Å². The van der Waals surface area contributed by atoms with Crippen molar-refractivity contribution in [3.05, 3.63) is 24.5 Å². The summed E-state index contributed by atoms with van der Waals surface area (Å²) in [4.78, 5) is 2.34. The van der Waals surface area contributed by atoms with Crippen LogP contribution in [0.25, 0.3) is 0 Å². The maximum atomic E-state index is 9.16. The average Bonchev–Trinajstić information content (AvgIpc) is 2.30. The quantitative estimate of drug-likeness (QED) is 0.281. The lowest BCUT2D eigenvalue weighted by Gasteiger charge is -2.22. The van der Waals surface area contributed by atoms with Gasteiger partial charge >= 0.3 is 0 Å². The lowest BCUT2D eigenvalue weighted by Crippen LogP contribution is -2.35. The van der Waals surface area contributed by atoms with E-state index in [1.165, 1.54) is 5.57 Å². The Bertz CT molecular complexity index is 223. The molecule has 0 amide bonds. The number of aliphatic hydroxyl groups excluding tert-OH is 1. The molecular weight excluding hydrogens is 226 g/mol. The standard InChI is InChI=1S/C14H29N3O/c1-13(2)5-10-17(11-6-14(3)18)12-9-16-8-7-15-4/h15-16,18H,1,3,5-12H2,2,4H3. The van der Waals surface area contributed by atoms with Gasteiger partial charge in [-0.2, -0.15) is 0 Å². The minimum Gasteiger partial charge on any atom is -0.513 e. The fraction of sp³-hybridized carbons (Fsp3) is 0.714. The van der Waals surface area contributed by atoms with E-state index in [0.717, 1.165) is 45.7 Å². The molecule has 0 saturated heterocycles. The highest BCUT2D eigenvalue weighted by atomic mass is 16.3. The van der Waals surface area contributed by atoms with Gasteiger partial charge in [-0.05, 0) is 20.4 Å². The highest BCUT2D eigenvalue weighted by Gasteiger charge is 2.05. The number of aliphatic hydroxyl groups is 1. The van der Waals surface area contributed by atoms with E-state index in [4.69, 9.17) is 5.11 Å². The van der Waals surface area contributed by atoms with Crippen LogP contribution in [0.2, 0.25) is 0 Å². The fourth-order valence-electron chi connectivity index (χ4n) is 1.55. The summed E-state index contributed by atoms with van der Waals surface area (Å²) in [5.41, 5.74) is 1.20. The van der Waals surface area contributed by atoms with Crippen LogP contribution < -0.4 is 10.6 Å². The Hall–Kier alpha value is -0.840. The molecule has 106 valence electrons. The second kappa shape index (κ2) is 11.3. The zero-order chi connectivity index (χ0) is 13.8. The van der Waals surface area contributed by atoms with Crippen molar-refractivity contribution < 1.29 is 5.11 Å². The van der Waals surface area contributed by atoms with E-state index in [1.54, 1.807) is 0 Å². The molecule has 0 spiro atoms. The molecule has 0 aliphatic rings. The smallest absolute Gasteiger partial charge is 0.0863 e. The zero-order valence-corrected chi connectivity index (χ0v) is 12.0. The summed E-state index contributed by atoms with van der Waals surface area (Å²) < 4.78 is 0. The largest absolute Gasteiger partial charge is 0.513 e. The van der Waals surface area contributed by atoms with Crippen LogP contribution in [0.5, 0.6) is 0 Å². The first-order valence-corrected chi connectivity index (χ1v) is 6.65. The average molecular weight is 255 g/mol. The minimum absolute atomic E-state index is 0.262. The van der Waals surface area contributed by atoms with Crippen molar-refractivity contribution in [1.29, 1.82) is 0 Å². The summed E-state index contributed by atoms with van der Waals surface area (Å²) in [6.07, 6.45) is 1.65. The van der Waals surface area contributed by atoms with Crippen LogP contribution in [0.4, 0.5) is 0 Å². The number of hydrogen-bond acceptors (Lipinski definition) is 4. The number of rotatable bonds is 12. The van der Waals surface area contributed by atoms with Crippen LogP contribution in [0.15, 0.2) is 24.5 Å². The SMILES string of the molecule is C=C(C)CCN(CCNCCNC)CCC(=C)O. The van der Waals surface area contributed by atoms with Gasteiger partial charge in [-0.3, -0.25) is 0 Å². The van der Waals surface area contributed by atoms with E-state index in [0.29, 0.717) is 6.42 Å². The molecule has 3 N–H and O–H groups in total. The first-order valence-electron chi connectivity index (χ1n) is 6.65. The van der Waals surface area contributed by atoms with Crippen molar-refractivity contribution in [2.24, 2.45) is 0 Å². The molecule has 0 aromatic rings. The molecule has 0 saturated carbocycles. The topological polar surface area (TPSA) is 47.5 Å². The summed E-state index contributed by atoms with van der Waals surface area (Å²) >= 11 is 0. The zero-order valence-electron chi connectivity index (χ0n) is 12.0. The predicted octanol–water partition coefficient (Wildman–Crippen LogP) is 1.53. The fourth-order valence-corrected chi connectivity index (χ4v) is 1.55. The second-order valence-electron chi connectivity index (χ2n) is 4.72. The first kappa shape index (κ1) is 17.2. The third-order valence-corrected chi connectivity index (χ3v) is 2.73. The summed E-state index contributed by atoms with van der Waals surface area (Å²) in [5.74, 6) is 0.262. The molecule has 18 heavy (non-hydrogen) atoms. The molecule has 0 fully saturated rings. The highest BCUT2D eigenvalue weighted by Crippen LogP contribution is 2.02. The third-order valence-electron chi connectivity index (χ3n) is 2.73. The summed E-state index contributed by atoms with van der Waals surface area (Å²) in [6, 6.07) is 0. The number of nitrogens with one attached hydrogen (secondary N) is 2. The van der Waals surface area contributed by atoms with E-state index in [1.807, 2.05) is 14.0 Å². The molecular formula is C14H29N3O. The van der Waals surface area contributed by atoms with Crippen molar-refractivity contribution in [3.8, 4) is 0 Å². The monoisotopic (exact) mass is 255 g/mol. The van der Waals surface area contributed by atoms with E-state index >= 15 is 0 Å². The number of likely N-dealkylation sites (N-methyl/N-ethyl adjacent to an activating group) is 1. The molecule has 0 unspecified atom stereocenters. The van der Waals surface area contributed by atoms with E-state index in [9.17, 15) is 0 Å². The van der Waals surface area contributed by atoms with Gasteiger partial charge in [0.25, 0.3) is 0 Å². The van der Waals surface area contributed by atoms with E-state index < -0.39 is 0 Å². The molecule has 0 heterocycles. The predicted molar refractivity (Wildman–Crippen MR) is 79.1 cm³/mol.